The van der Waals surface area contributed by atoms with Crippen molar-refractivity contribution < 1.29 is 9.90 Å². The van der Waals surface area contributed by atoms with E-state index in [2.05, 4.69) is 41.7 Å². The molecule has 0 aromatic heterocycles. The van der Waals surface area contributed by atoms with Gasteiger partial charge in [0, 0.05) is 17.8 Å². The third kappa shape index (κ3) is 4.70. The molecule has 0 atom stereocenters. The number of nitrogens with one attached hydrogen (secondary N) is 1. The van der Waals surface area contributed by atoms with Gasteiger partial charge in [0.25, 0.3) is 0 Å². The third-order valence-electron chi connectivity index (χ3n) is 4.13. The quantitative estimate of drug-likeness (QED) is 0.600. The number of hydrogen-bond acceptors (Lipinski definition) is 2. The second-order valence-corrected chi connectivity index (χ2v) is 5.97. The minimum Gasteiger partial charge on any atom is -0.481 e. The molecule has 2 N–H and O–H groups in total. The summed E-state index contributed by atoms with van der Waals surface area (Å²) < 4.78 is 0. The maximum Gasteiger partial charge on any atom is 0.303 e. The standard InChI is InChI=1S/C22H21NO2/c24-22(25)12-6-10-19-9-4-5-11-21(19)23-20-15-13-18(14-16-20)17-7-2-1-3-8-17/h1-5,7-9,11,13-16,23H,6,10,12H2,(H,24,25). The monoisotopic (exact) mass is 331 g/mol. The average molecular weight is 331 g/mol. The fraction of sp³-hybridized carbons (Fsp3) is 0.136. The zero-order chi connectivity index (χ0) is 17.5. The maximum atomic E-state index is 10.7. The Morgan fingerprint density at radius 3 is 2.16 bits per heavy atom. The zero-order valence-corrected chi connectivity index (χ0v) is 14.0. The molecule has 0 heterocycles. The molecule has 126 valence electrons. The molecule has 3 nitrogen and oxygen atoms in total. The van der Waals surface area contributed by atoms with Crippen LogP contribution in [-0.4, -0.2) is 11.1 Å². The number of para-hydroxylation sites is 1. The van der Waals surface area contributed by atoms with E-state index < -0.39 is 5.97 Å². The first-order chi connectivity index (χ1) is 12.2. The number of aryl methyl sites for hydroxylation is 1. The van der Waals surface area contributed by atoms with Gasteiger partial charge in [0.1, 0.15) is 0 Å². The third-order valence-corrected chi connectivity index (χ3v) is 4.13. The number of benzene rings is 3. The summed E-state index contributed by atoms with van der Waals surface area (Å²) >= 11 is 0. The number of carboxylic acid groups (broad SMARTS) is 1. The van der Waals surface area contributed by atoms with Gasteiger partial charge < -0.3 is 10.4 Å². The van der Waals surface area contributed by atoms with Crippen LogP contribution in [0.5, 0.6) is 0 Å². The van der Waals surface area contributed by atoms with Gasteiger partial charge in [0.2, 0.25) is 0 Å². The van der Waals surface area contributed by atoms with Crippen LogP contribution in [0, 0.1) is 0 Å². The highest BCUT2D eigenvalue weighted by Crippen LogP contribution is 2.25. The van der Waals surface area contributed by atoms with Crippen molar-refractivity contribution in [3.8, 4) is 11.1 Å². The van der Waals surface area contributed by atoms with Crippen LogP contribution < -0.4 is 5.32 Å². The summed E-state index contributed by atoms with van der Waals surface area (Å²) in [6, 6.07) is 26.7. The average Bonchev–Trinajstić information content (AvgIpc) is 2.64. The molecule has 0 aliphatic heterocycles. The Labute approximate surface area is 148 Å². The largest absolute Gasteiger partial charge is 0.481 e. The van der Waals surface area contributed by atoms with Crippen molar-refractivity contribution in [3.63, 3.8) is 0 Å². The number of anilines is 2. The number of rotatable bonds is 7. The van der Waals surface area contributed by atoms with Crippen molar-refractivity contribution in [2.45, 2.75) is 19.3 Å². The van der Waals surface area contributed by atoms with Crippen LogP contribution in [0.3, 0.4) is 0 Å². The van der Waals surface area contributed by atoms with Crippen LogP contribution in [0.15, 0.2) is 78.9 Å². The van der Waals surface area contributed by atoms with E-state index in [1.807, 2.05) is 42.5 Å². The highest BCUT2D eigenvalue weighted by Gasteiger charge is 2.05. The van der Waals surface area contributed by atoms with Crippen LogP contribution in [0.4, 0.5) is 11.4 Å². The number of aliphatic carboxylic acids is 1. The van der Waals surface area contributed by atoms with Gasteiger partial charge in [-0.3, -0.25) is 4.79 Å². The van der Waals surface area contributed by atoms with Gasteiger partial charge >= 0.3 is 5.97 Å². The SMILES string of the molecule is O=C(O)CCCc1ccccc1Nc1ccc(-c2ccccc2)cc1. The molecule has 25 heavy (non-hydrogen) atoms. The molecule has 0 fully saturated rings. The van der Waals surface area contributed by atoms with Crippen molar-refractivity contribution in [3.05, 3.63) is 84.4 Å². The molecule has 0 saturated heterocycles. The van der Waals surface area contributed by atoms with E-state index in [4.69, 9.17) is 5.11 Å². The predicted molar refractivity (Wildman–Crippen MR) is 102 cm³/mol. The first-order valence-electron chi connectivity index (χ1n) is 8.44. The van der Waals surface area contributed by atoms with E-state index in [-0.39, 0.29) is 6.42 Å². The summed E-state index contributed by atoms with van der Waals surface area (Å²) in [7, 11) is 0. The highest BCUT2D eigenvalue weighted by atomic mass is 16.4. The lowest BCUT2D eigenvalue weighted by atomic mass is 10.0. The minimum atomic E-state index is -0.748. The van der Waals surface area contributed by atoms with Crippen LogP contribution in [0.25, 0.3) is 11.1 Å². The Morgan fingerprint density at radius 2 is 1.44 bits per heavy atom. The topological polar surface area (TPSA) is 49.3 Å². The molecule has 0 radical (unpaired) electrons. The van der Waals surface area contributed by atoms with Gasteiger partial charge in [-0.25, -0.2) is 0 Å². The minimum absolute atomic E-state index is 0.195. The number of carboxylic acids is 1. The fourth-order valence-corrected chi connectivity index (χ4v) is 2.82. The van der Waals surface area contributed by atoms with E-state index in [0.717, 1.165) is 23.4 Å². The molecule has 3 rings (SSSR count). The molecule has 0 saturated carbocycles. The van der Waals surface area contributed by atoms with Crippen LogP contribution in [-0.2, 0) is 11.2 Å². The van der Waals surface area contributed by atoms with Crippen LogP contribution >= 0.6 is 0 Å². The summed E-state index contributed by atoms with van der Waals surface area (Å²) in [6.45, 7) is 0. The van der Waals surface area contributed by atoms with Crippen molar-refractivity contribution in [2.75, 3.05) is 5.32 Å². The number of hydrogen-bond donors (Lipinski definition) is 2. The molecule has 3 aromatic rings. The molecule has 0 aliphatic rings. The molecule has 3 heteroatoms. The fourth-order valence-electron chi connectivity index (χ4n) is 2.82. The molecule has 0 amide bonds. The van der Waals surface area contributed by atoms with Crippen LogP contribution in [0.2, 0.25) is 0 Å². The Balaban J connectivity index is 1.71. The normalized spacial score (nSPS) is 10.4. The summed E-state index contributed by atoms with van der Waals surface area (Å²) in [5.74, 6) is -0.748. The van der Waals surface area contributed by atoms with Crippen molar-refractivity contribution in [1.82, 2.24) is 0 Å². The summed E-state index contributed by atoms with van der Waals surface area (Å²) in [6.07, 6.45) is 1.58. The lowest BCUT2D eigenvalue weighted by Crippen LogP contribution is -1.99. The molecule has 0 aliphatic carbocycles. The van der Waals surface area contributed by atoms with E-state index in [9.17, 15) is 4.79 Å². The summed E-state index contributed by atoms with van der Waals surface area (Å²) in [4.78, 5) is 10.7. The van der Waals surface area contributed by atoms with E-state index in [1.165, 1.54) is 11.1 Å². The molecule has 0 bridgehead atoms. The van der Waals surface area contributed by atoms with Gasteiger partial charge in [-0.2, -0.15) is 0 Å². The zero-order valence-electron chi connectivity index (χ0n) is 14.0. The molecule has 0 unspecified atom stereocenters. The lowest BCUT2D eigenvalue weighted by Gasteiger charge is -2.12. The van der Waals surface area contributed by atoms with Crippen molar-refractivity contribution >= 4 is 17.3 Å². The first kappa shape index (κ1) is 16.8. The molecular formula is C22H21NO2. The van der Waals surface area contributed by atoms with Crippen molar-refractivity contribution in [2.24, 2.45) is 0 Å². The van der Waals surface area contributed by atoms with Gasteiger partial charge in [-0.15, -0.1) is 0 Å². The number of carbonyl (C=O) groups is 1. The molecular weight excluding hydrogens is 310 g/mol. The van der Waals surface area contributed by atoms with Crippen molar-refractivity contribution in [1.29, 1.82) is 0 Å². The lowest BCUT2D eigenvalue weighted by molar-refractivity contribution is -0.137. The van der Waals surface area contributed by atoms with Gasteiger partial charge in [0.15, 0.2) is 0 Å². The Kier molecular flexibility index (Phi) is 5.47. The molecule has 0 spiro atoms. The van der Waals surface area contributed by atoms with Gasteiger partial charge in [0.05, 0.1) is 0 Å². The van der Waals surface area contributed by atoms with Crippen LogP contribution in [0.1, 0.15) is 18.4 Å². The Morgan fingerprint density at radius 1 is 0.800 bits per heavy atom. The summed E-state index contributed by atoms with van der Waals surface area (Å²) in [5, 5.41) is 12.2. The smallest absolute Gasteiger partial charge is 0.303 e. The van der Waals surface area contributed by atoms with E-state index >= 15 is 0 Å². The highest BCUT2D eigenvalue weighted by molar-refractivity contribution is 5.69. The molecule has 3 aromatic carbocycles. The Bertz CT molecular complexity index is 826. The second kappa shape index (κ2) is 8.15. The van der Waals surface area contributed by atoms with E-state index in [1.54, 1.807) is 0 Å². The first-order valence-corrected chi connectivity index (χ1v) is 8.44. The Hall–Kier alpha value is -3.07. The maximum absolute atomic E-state index is 10.7. The van der Waals surface area contributed by atoms with Gasteiger partial charge in [-0.05, 0) is 47.7 Å². The summed E-state index contributed by atoms with van der Waals surface area (Å²) in [5.41, 5.74) is 5.56. The predicted octanol–water partition coefficient (Wildman–Crippen LogP) is 5.50. The van der Waals surface area contributed by atoms with Gasteiger partial charge in [-0.1, -0.05) is 60.7 Å². The second-order valence-electron chi connectivity index (χ2n) is 5.97. The van der Waals surface area contributed by atoms with E-state index in [0.29, 0.717) is 6.42 Å².